The maximum atomic E-state index is 9.51. The summed E-state index contributed by atoms with van der Waals surface area (Å²) in [5.41, 5.74) is 0.663. The molecule has 2 aromatic rings. The Morgan fingerprint density at radius 2 is 1.84 bits per heavy atom. The molecule has 0 aliphatic heterocycles. The molecule has 1 unspecified atom stereocenters. The number of ether oxygens (including phenoxy) is 1. The second-order valence-corrected chi connectivity index (χ2v) is 5.77. The van der Waals surface area contributed by atoms with Crippen molar-refractivity contribution in [3.8, 4) is 11.5 Å². The monoisotopic (exact) mass is 360 g/mol. The highest BCUT2D eigenvalue weighted by Crippen LogP contribution is 2.34. The van der Waals surface area contributed by atoms with Gasteiger partial charge in [0, 0.05) is 4.47 Å². The highest BCUT2D eigenvalue weighted by Gasteiger charge is 2.09. The van der Waals surface area contributed by atoms with Gasteiger partial charge in [-0.25, -0.2) is 0 Å². The molecule has 1 N–H and O–H groups in total. The lowest BCUT2D eigenvalue weighted by Gasteiger charge is -2.11. The predicted molar refractivity (Wildman–Crippen MR) is 81.3 cm³/mol. The number of rotatable bonds is 3. The topological polar surface area (TPSA) is 29.5 Å². The van der Waals surface area contributed by atoms with Crippen molar-refractivity contribution in [3.05, 3.63) is 56.5 Å². The van der Waals surface area contributed by atoms with E-state index in [1.54, 1.807) is 37.3 Å². The van der Waals surface area contributed by atoms with Crippen LogP contribution in [-0.2, 0) is 0 Å². The molecule has 0 saturated heterocycles. The molecule has 100 valence electrons. The highest BCUT2D eigenvalue weighted by molar-refractivity contribution is 9.10. The number of aliphatic hydroxyl groups excluding tert-OH is 1. The molecule has 2 rings (SSSR count). The van der Waals surface area contributed by atoms with Crippen LogP contribution in [0.2, 0.25) is 10.0 Å². The molecule has 0 aromatic heterocycles. The third kappa shape index (κ3) is 3.63. The lowest BCUT2D eigenvalue weighted by molar-refractivity contribution is 0.199. The van der Waals surface area contributed by atoms with Crippen LogP contribution in [0.25, 0.3) is 0 Å². The van der Waals surface area contributed by atoms with Gasteiger partial charge in [-0.1, -0.05) is 45.2 Å². The molecular weight excluding hydrogens is 351 g/mol. The Bertz CT molecular complexity index is 600. The van der Waals surface area contributed by atoms with Gasteiger partial charge in [-0.3, -0.25) is 0 Å². The van der Waals surface area contributed by atoms with Crippen LogP contribution < -0.4 is 4.74 Å². The van der Waals surface area contributed by atoms with Gasteiger partial charge in [0.2, 0.25) is 0 Å². The Labute approximate surface area is 130 Å². The molecule has 0 spiro atoms. The quantitative estimate of drug-likeness (QED) is 0.770. The first kappa shape index (κ1) is 14.7. The van der Waals surface area contributed by atoms with E-state index in [0.29, 0.717) is 27.1 Å². The van der Waals surface area contributed by atoms with Gasteiger partial charge < -0.3 is 9.84 Å². The van der Waals surface area contributed by atoms with E-state index in [0.717, 1.165) is 4.47 Å². The summed E-state index contributed by atoms with van der Waals surface area (Å²) >= 11 is 15.5. The van der Waals surface area contributed by atoms with Crippen molar-refractivity contribution >= 4 is 39.1 Å². The van der Waals surface area contributed by atoms with E-state index in [4.69, 9.17) is 27.9 Å². The molecule has 0 aliphatic rings. The molecule has 0 amide bonds. The van der Waals surface area contributed by atoms with Gasteiger partial charge in [-0.05, 0) is 42.8 Å². The number of halogens is 3. The molecule has 2 nitrogen and oxygen atoms in total. The summed E-state index contributed by atoms with van der Waals surface area (Å²) in [4.78, 5) is 0. The van der Waals surface area contributed by atoms with Gasteiger partial charge in [0.1, 0.15) is 11.5 Å². The summed E-state index contributed by atoms with van der Waals surface area (Å²) in [5, 5.41) is 10.5. The third-order valence-electron chi connectivity index (χ3n) is 2.54. The number of hydrogen-bond acceptors (Lipinski definition) is 2. The Kier molecular flexibility index (Phi) is 4.74. The largest absolute Gasteiger partial charge is 0.456 e. The molecule has 2 aromatic carbocycles. The zero-order valence-corrected chi connectivity index (χ0v) is 13.1. The molecule has 0 heterocycles. The average Bonchev–Trinajstić information content (AvgIpc) is 2.32. The fraction of sp³-hybridized carbons (Fsp3) is 0.143. The molecule has 0 fully saturated rings. The molecule has 0 bridgehead atoms. The maximum absolute atomic E-state index is 9.51. The van der Waals surface area contributed by atoms with Crippen LogP contribution in [0.3, 0.4) is 0 Å². The first-order valence-electron chi connectivity index (χ1n) is 5.58. The summed E-state index contributed by atoms with van der Waals surface area (Å²) < 4.78 is 6.54. The second kappa shape index (κ2) is 6.14. The minimum Gasteiger partial charge on any atom is -0.456 e. The molecular formula is C14H11BrCl2O2. The van der Waals surface area contributed by atoms with Gasteiger partial charge in [-0.2, -0.15) is 0 Å². The Balaban J connectivity index is 2.26. The standard InChI is InChI=1S/C14H11BrCl2O2/c1-8(18)11-4-3-10(7-12(11)16)19-14-5-2-9(15)6-13(14)17/h2-8,18H,1H3. The minimum absolute atomic E-state index is 0.459. The highest BCUT2D eigenvalue weighted by atomic mass is 79.9. The van der Waals surface area contributed by atoms with E-state index in [9.17, 15) is 5.11 Å². The second-order valence-electron chi connectivity index (χ2n) is 4.04. The SMILES string of the molecule is CC(O)c1ccc(Oc2ccc(Br)cc2Cl)cc1Cl. The van der Waals surface area contributed by atoms with Crippen LogP contribution in [0.5, 0.6) is 11.5 Å². The Morgan fingerprint density at radius 3 is 2.42 bits per heavy atom. The molecule has 5 heteroatoms. The number of aliphatic hydroxyl groups is 1. The van der Waals surface area contributed by atoms with Crippen molar-refractivity contribution in [1.29, 1.82) is 0 Å². The summed E-state index contributed by atoms with van der Waals surface area (Å²) in [7, 11) is 0. The van der Waals surface area contributed by atoms with Gasteiger partial charge in [-0.15, -0.1) is 0 Å². The van der Waals surface area contributed by atoms with Crippen LogP contribution in [-0.4, -0.2) is 5.11 Å². The molecule has 19 heavy (non-hydrogen) atoms. The molecule has 0 aliphatic carbocycles. The van der Waals surface area contributed by atoms with Crippen molar-refractivity contribution in [2.45, 2.75) is 13.0 Å². The summed E-state index contributed by atoms with van der Waals surface area (Å²) in [6.45, 7) is 1.66. The van der Waals surface area contributed by atoms with E-state index in [2.05, 4.69) is 15.9 Å². The van der Waals surface area contributed by atoms with Crippen molar-refractivity contribution in [2.24, 2.45) is 0 Å². The van der Waals surface area contributed by atoms with Gasteiger partial charge in [0.05, 0.1) is 16.1 Å². The lowest BCUT2D eigenvalue weighted by Crippen LogP contribution is -1.93. The minimum atomic E-state index is -0.613. The van der Waals surface area contributed by atoms with Gasteiger partial charge >= 0.3 is 0 Å². The molecule has 1 atom stereocenters. The van der Waals surface area contributed by atoms with Crippen molar-refractivity contribution in [1.82, 2.24) is 0 Å². The molecule has 0 saturated carbocycles. The number of benzene rings is 2. The average molecular weight is 362 g/mol. The summed E-state index contributed by atoms with van der Waals surface area (Å²) in [6.07, 6.45) is -0.613. The third-order valence-corrected chi connectivity index (χ3v) is 3.66. The van der Waals surface area contributed by atoms with E-state index in [1.165, 1.54) is 0 Å². The lowest BCUT2D eigenvalue weighted by atomic mass is 10.1. The first-order valence-corrected chi connectivity index (χ1v) is 7.12. The fourth-order valence-corrected chi connectivity index (χ4v) is 2.64. The predicted octanol–water partition coefficient (Wildman–Crippen LogP) is 5.60. The summed E-state index contributed by atoms with van der Waals surface area (Å²) in [5.74, 6) is 1.12. The van der Waals surface area contributed by atoms with Gasteiger partial charge in [0.25, 0.3) is 0 Å². The number of hydrogen-bond donors (Lipinski definition) is 1. The van der Waals surface area contributed by atoms with Crippen LogP contribution >= 0.6 is 39.1 Å². The normalized spacial score (nSPS) is 12.3. The zero-order chi connectivity index (χ0) is 14.0. The summed E-state index contributed by atoms with van der Waals surface area (Å²) in [6, 6.07) is 10.5. The van der Waals surface area contributed by atoms with E-state index in [1.807, 2.05) is 6.07 Å². The fourth-order valence-electron chi connectivity index (χ4n) is 1.60. The zero-order valence-electron chi connectivity index (χ0n) is 10.0. The molecule has 0 radical (unpaired) electrons. The first-order chi connectivity index (χ1) is 8.97. The van der Waals surface area contributed by atoms with E-state index < -0.39 is 6.10 Å². The van der Waals surface area contributed by atoms with Crippen molar-refractivity contribution < 1.29 is 9.84 Å². The van der Waals surface area contributed by atoms with E-state index >= 15 is 0 Å². The van der Waals surface area contributed by atoms with Crippen LogP contribution in [0.1, 0.15) is 18.6 Å². The van der Waals surface area contributed by atoms with Crippen LogP contribution in [0.4, 0.5) is 0 Å². The van der Waals surface area contributed by atoms with E-state index in [-0.39, 0.29) is 0 Å². The van der Waals surface area contributed by atoms with Gasteiger partial charge in [0.15, 0.2) is 0 Å². The Morgan fingerprint density at radius 1 is 1.11 bits per heavy atom. The van der Waals surface area contributed by atoms with Crippen molar-refractivity contribution in [2.75, 3.05) is 0 Å². The maximum Gasteiger partial charge on any atom is 0.146 e. The van der Waals surface area contributed by atoms with Crippen LogP contribution in [0, 0.1) is 0 Å². The smallest absolute Gasteiger partial charge is 0.146 e. The van der Waals surface area contributed by atoms with Crippen LogP contribution in [0.15, 0.2) is 40.9 Å². The Hall–Kier alpha value is -0.740. The van der Waals surface area contributed by atoms with Crippen molar-refractivity contribution in [3.63, 3.8) is 0 Å².